The Bertz CT molecular complexity index is 516. The first-order chi connectivity index (χ1) is 9.61. The highest BCUT2D eigenvalue weighted by Crippen LogP contribution is 2.25. The van der Waals surface area contributed by atoms with Gasteiger partial charge in [-0.15, -0.1) is 11.8 Å². The molecule has 1 aliphatic rings. The zero-order chi connectivity index (χ0) is 14.5. The number of carbonyl (C=O) groups excluding carboxylic acids is 1. The summed E-state index contributed by atoms with van der Waals surface area (Å²) in [6, 6.07) is 4.72. The molecule has 0 atom stereocenters. The van der Waals surface area contributed by atoms with Gasteiger partial charge >= 0.3 is 0 Å². The van der Waals surface area contributed by atoms with Crippen LogP contribution >= 0.6 is 11.8 Å². The smallest absolute Gasteiger partial charge is 0.282 e. The topological polar surface area (TPSA) is 84.3 Å². The van der Waals surface area contributed by atoms with Crippen LogP contribution in [0.1, 0.15) is 23.2 Å². The SMILES string of the molecule is CSc1ccc([N+](=O)[O-])c(C(=O)NC2CCNCC2)c1. The Morgan fingerprint density at radius 1 is 1.45 bits per heavy atom. The number of nitrogens with zero attached hydrogens (tertiary/aromatic N) is 1. The molecule has 6 nitrogen and oxygen atoms in total. The summed E-state index contributed by atoms with van der Waals surface area (Å²) >= 11 is 1.45. The van der Waals surface area contributed by atoms with E-state index in [1.54, 1.807) is 12.1 Å². The van der Waals surface area contributed by atoms with Crippen molar-refractivity contribution in [3.8, 4) is 0 Å². The van der Waals surface area contributed by atoms with Gasteiger partial charge in [0.1, 0.15) is 5.56 Å². The molecule has 1 aromatic rings. The van der Waals surface area contributed by atoms with Crippen LogP contribution in [0.2, 0.25) is 0 Å². The fraction of sp³-hybridized carbons (Fsp3) is 0.462. The number of amides is 1. The van der Waals surface area contributed by atoms with E-state index in [-0.39, 0.29) is 23.2 Å². The van der Waals surface area contributed by atoms with Crippen LogP contribution in [0.4, 0.5) is 5.69 Å². The predicted molar refractivity (Wildman–Crippen MR) is 78.2 cm³/mol. The molecule has 2 N–H and O–H groups in total. The molecule has 0 unspecified atom stereocenters. The van der Waals surface area contributed by atoms with Crippen molar-refractivity contribution in [2.75, 3.05) is 19.3 Å². The third-order valence-corrected chi connectivity index (χ3v) is 4.04. The molecule has 0 aromatic heterocycles. The number of thioether (sulfide) groups is 1. The van der Waals surface area contributed by atoms with Crippen molar-refractivity contribution in [2.24, 2.45) is 0 Å². The van der Waals surface area contributed by atoms with Crippen LogP contribution < -0.4 is 10.6 Å². The summed E-state index contributed by atoms with van der Waals surface area (Å²) in [7, 11) is 0. The maximum absolute atomic E-state index is 12.3. The molecule has 1 aliphatic heterocycles. The standard InChI is InChI=1S/C13H17N3O3S/c1-20-10-2-3-12(16(18)19)11(8-10)13(17)15-9-4-6-14-7-5-9/h2-3,8-9,14H,4-7H2,1H3,(H,15,17). The second kappa shape index (κ2) is 6.71. The van der Waals surface area contributed by atoms with E-state index in [9.17, 15) is 14.9 Å². The zero-order valence-electron chi connectivity index (χ0n) is 11.2. The van der Waals surface area contributed by atoms with E-state index < -0.39 is 4.92 Å². The summed E-state index contributed by atoms with van der Waals surface area (Å²) in [6.07, 6.45) is 3.57. The minimum absolute atomic E-state index is 0.0845. The van der Waals surface area contributed by atoms with Crippen LogP contribution in [0.25, 0.3) is 0 Å². The molecular formula is C13H17N3O3S. The molecule has 20 heavy (non-hydrogen) atoms. The summed E-state index contributed by atoms with van der Waals surface area (Å²) in [5, 5.41) is 17.1. The number of benzene rings is 1. The van der Waals surface area contributed by atoms with Crippen molar-refractivity contribution < 1.29 is 9.72 Å². The summed E-state index contributed by atoms with van der Waals surface area (Å²) in [5.41, 5.74) is -0.00498. The van der Waals surface area contributed by atoms with Crippen molar-refractivity contribution >= 4 is 23.4 Å². The number of piperidine rings is 1. The molecule has 0 aliphatic carbocycles. The molecule has 108 valence electrons. The van der Waals surface area contributed by atoms with Gasteiger partial charge in [-0.25, -0.2) is 0 Å². The van der Waals surface area contributed by atoms with Crippen LogP contribution in [-0.4, -0.2) is 36.2 Å². The quantitative estimate of drug-likeness (QED) is 0.502. The summed E-state index contributed by atoms with van der Waals surface area (Å²) < 4.78 is 0. The second-order valence-corrected chi connectivity index (χ2v) is 5.52. The minimum Gasteiger partial charge on any atom is -0.349 e. The first-order valence-electron chi connectivity index (χ1n) is 6.46. The molecule has 0 saturated carbocycles. The van der Waals surface area contributed by atoms with E-state index in [4.69, 9.17) is 0 Å². The Hall–Kier alpha value is -1.60. The summed E-state index contributed by atoms with van der Waals surface area (Å²) in [5.74, 6) is -0.362. The molecule has 7 heteroatoms. The van der Waals surface area contributed by atoms with Gasteiger partial charge in [0.15, 0.2) is 0 Å². The van der Waals surface area contributed by atoms with Crippen molar-refractivity contribution in [1.82, 2.24) is 10.6 Å². The fourth-order valence-electron chi connectivity index (χ4n) is 2.21. The van der Waals surface area contributed by atoms with Gasteiger partial charge in [0.2, 0.25) is 0 Å². The summed E-state index contributed by atoms with van der Waals surface area (Å²) in [4.78, 5) is 23.6. The van der Waals surface area contributed by atoms with Crippen molar-refractivity contribution in [3.63, 3.8) is 0 Å². The highest BCUT2D eigenvalue weighted by Gasteiger charge is 2.23. The number of carbonyl (C=O) groups is 1. The maximum Gasteiger partial charge on any atom is 0.282 e. The molecule has 1 heterocycles. The third-order valence-electron chi connectivity index (χ3n) is 3.32. The molecule has 0 radical (unpaired) electrons. The first kappa shape index (κ1) is 14.8. The lowest BCUT2D eigenvalue weighted by molar-refractivity contribution is -0.385. The van der Waals surface area contributed by atoms with E-state index >= 15 is 0 Å². The lowest BCUT2D eigenvalue weighted by Crippen LogP contribution is -2.42. The Kier molecular flexibility index (Phi) is 4.97. The molecule has 1 fully saturated rings. The predicted octanol–water partition coefficient (Wildman–Crippen LogP) is 1.80. The van der Waals surface area contributed by atoms with Crippen LogP contribution in [0.5, 0.6) is 0 Å². The molecule has 2 rings (SSSR count). The Balaban J connectivity index is 2.20. The van der Waals surface area contributed by atoms with Gasteiger partial charge < -0.3 is 10.6 Å². The van der Waals surface area contributed by atoms with Crippen molar-refractivity contribution in [2.45, 2.75) is 23.8 Å². The number of rotatable bonds is 4. The number of hydrogen-bond donors (Lipinski definition) is 2. The van der Waals surface area contributed by atoms with Crippen LogP contribution in [0.15, 0.2) is 23.1 Å². The molecule has 0 spiro atoms. The van der Waals surface area contributed by atoms with E-state index in [0.717, 1.165) is 30.8 Å². The molecule has 1 saturated heterocycles. The van der Waals surface area contributed by atoms with Gasteiger partial charge in [0.25, 0.3) is 11.6 Å². The van der Waals surface area contributed by atoms with Gasteiger partial charge in [-0.05, 0) is 44.3 Å². The Morgan fingerprint density at radius 2 is 2.15 bits per heavy atom. The largest absolute Gasteiger partial charge is 0.349 e. The van der Waals surface area contributed by atoms with Crippen molar-refractivity contribution in [1.29, 1.82) is 0 Å². The average Bonchev–Trinajstić information content (AvgIpc) is 2.47. The Labute approximate surface area is 121 Å². The van der Waals surface area contributed by atoms with Crippen LogP contribution in [-0.2, 0) is 0 Å². The van der Waals surface area contributed by atoms with E-state index in [2.05, 4.69) is 10.6 Å². The third kappa shape index (κ3) is 3.49. The molecule has 1 aromatic carbocycles. The van der Waals surface area contributed by atoms with Gasteiger partial charge in [0.05, 0.1) is 4.92 Å². The number of nitrogens with one attached hydrogen (secondary N) is 2. The molecular weight excluding hydrogens is 278 g/mol. The minimum atomic E-state index is -0.512. The number of nitro benzene ring substituents is 1. The van der Waals surface area contributed by atoms with E-state index in [0.29, 0.717) is 0 Å². The van der Waals surface area contributed by atoms with Gasteiger partial charge in [-0.3, -0.25) is 14.9 Å². The second-order valence-electron chi connectivity index (χ2n) is 4.64. The lowest BCUT2D eigenvalue weighted by atomic mass is 10.1. The average molecular weight is 295 g/mol. The van der Waals surface area contributed by atoms with E-state index in [1.807, 2.05) is 6.26 Å². The molecule has 0 bridgehead atoms. The highest BCUT2D eigenvalue weighted by molar-refractivity contribution is 7.98. The number of hydrogen-bond acceptors (Lipinski definition) is 5. The normalized spacial score (nSPS) is 15.8. The van der Waals surface area contributed by atoms with Crippen LogP contribution in [0, 0.1) is 10.1 Å². The number of nitro groups is 1. The zero-order valence-corrected chi connectivity index (χ0v) is 12.0. The monoisotopic (exact) mass is 295 g/mol. The Morgan fingerprint density at radius 3 is 2.75 bits per heavy atom. The highest BCUT2D eigenvalue weighted by atomic mass is 32.2. The van der Waals surface area contributed by atoms with E-state index in [1.165, 1.54) is 17.8 Å². The maximum atomic E-state index is 12.3. The van der Waals surface area contributed by atoms with Crippen molar-refractivity contribution in [3.05, 3.63) is 33.9 Å². The van der Waals surface area contributed by atoms with Gasteiger partial charge in [0, 0.05) is 17.0 Å². The van der Waals surface area contributed by atoms with Gasteiger partial charge in [-0.2, -0.15) is 0 Å². The van der Waals surface area contributed by atoms with Gasteiger partial charge in [-0.1, -0.05) is 0 Å². The lowest BCUT2D eigenvalue weighted by Gasteiger charge is -2.23. The first-order valence-corrected chi connectivity index (χ1v) is 7.68. The van der Waals surface area contributed by atoms with Crippen LogP contribution in [0.3, 0.4) is 0 Å². The summed E-state index contributed by atoms with van der Waals surface area (Å²) in [6.45, 7) is 1.72. The fourth-order valence-corrected chi connectivity index (χ4v) is 2.65. The molecule has 1 amide bonds.